The van der Waals surface area contributed by atoms with E-state index in [1.54, 1.807) is 0 Å². The van der Waals surface area contributed by atoms with Gasteiger partial charge in [0.1, 0.15) is 5.52 Å². The second-order valence-corrected chi connectivity index (χ2v) is 7.49. The third kappa shape index (κ3) is 3.66. The van der Waals surface area contributed by atoms with Gasteiger partial charge in [-0.1, -0.05) is 66.7 Å². The smallest absolute Gasteiger partial charge is 0.177 e. The van der Waals surface area contributed by atoms with Crippen LogP contribution >= 0.6 is 0 Å². The van der Waals surface area contributed by atoms with Crippen molar-refractivity contribution in [2.75, 3.05) is 5.32 Å². The first-order chi connectivity index (χ1) is 14.4. The molecule has 0 radical (unpaired) electrons. The molecule has 0 atom stereocenters. The standard InChI is InChI=1S/C25H24N4/c1-4-10-19(11-5-1)18-26-25-23-22(20-12-6-2-7-13-20)16-17-29(23)28-24(27-25)21-14-8-3-9-15-21/h1-2,4-7,10-14,16-17H,3,8-9,15,18H2,(H,26,27,28). The van der Waals surface area contributed by atoms with Gasteiger partial charge < -0.3 is 5.32 Å². The van der Waals surface area contributed by atoms with E-state index in [0.717, 1.165) is 42.1 Å². The topological polar surface area (TPSA) is 42.2 Å². The van der Waals surface area contributed by atoms with Crippen LogP contribution in [0.2, 0.25) is 0 Å². The summed E-state index contributed by atoms with van der Waals surface area (Å²) in [6.07, 6.45) is 8.97. The van der Waals surface area contributed by atoms with Crippen LogP contribution in [0.1, 0.15) is 37.1 Å². The van der Waals surface area contributed by atoms with E-state index in [1.165, 1.54) is 29.5 Å². The van der Waals surface area contributed by atoms with Gasteiger partial charge in [-0.05, 0) is 48.4 Å². The van der Waals surface area contributed by atoms with Crippen LogP contribution in [-0.4, -0.2) is 14.6 Å². The van der Waals surface area contributed by atoms with Crippen LogP contribution in [0, 0.1) is 0 Å². The Balaban J connectivity index is 1.61. The summed E-state index contributed by atoms with van der Waals surface area (Å²) in [7, 11) is 0. The Hall–Kier alpha value is -3.40. The highest BCUT2D eigenvalue weighted by atomic mass is 15.3. The van der Waals surface area contributed by atoms with Gasteiger partial charge >= 0.3 is 0 Å². The van der Waals surface area contributed by atoms with Crippen molar-refractivity contribution in [1.82, 2.24) is 14.6 Å². The molecule has 4 nitrogen and oxygen atoms in total. The minimum atomic E-state index is 0.728. The third-order valence-corrected chi connectivity index (χ3v) is 5.48. The molecule has 0 amide bonds. The number of hydrogen-bond acceptors (Lipinski definition) is 3. The van der Waals surface area contributed by atoms with Crippen LogP contribution in [0.15, 0.2) is 79.0 Å². The summed E-state index contributed by atoms with van der Waals surface area (Å²) in [6, 6.07) is 23.0. The van der Waals surface area contributed by atoms with Crippen LogP contribution in [0.25, 0.3) is 22.2 Å². The molecule has 4 heteroatoms. The number of nitrogens with zero attached hydrogens (tertiary/aromatic N) is 3. The van der Waals surface area contributed by atoms with Crippen LogP contribution in [-0.2, 0) is 6.54 Å². The van der Waals surface area contributed by atoms with E-state index in [2.05, 4.69) is 66.0 Å². The molecule has 0 spiro atoms. The number of allylic oxidation sites excluding steroid dienone is 2. The van der Waals surface area contributed by atoms with Gasteiger partial charge in [0.05, 0.1) is 0 Å². The maximum Gasteiger partial charge on any atom is 0.177 e. The molecular formula is C25H24N4. The van der Waals surface area contributed by atoms with Crippen LogP contribution < -0.4 is 5.32 Å². The van der Waals surface area contributed by atoms with E-state index in [4.69, 9.17) is 10.1 Å². The Bertz CT molecular complexity index is 1140. The van der Waals surface area contributed by atoms with E-state index in [9.17, 15) is 0 Å². The summed E-state index contributed by atoms with van der Waals surface area (Å²) in [6.45, 7) is 0.728. The average molecular weight is 380 g/mol. The summed E-state index contributed by atoms with van der Waals surface area (Å²) in [4.78, 5) is 4.99. The molecule has 2 heterocycles. The average Bonchev–Trinajstić information content (AvgIpc) is 3.24. The Morgan fingerprint density at radius 1 is 0.897 bits per heavy atom. The first-order valence-electron chi connectivity index (χ1n) is 10.3. The van der Waals surface area contributed by atoms with Gasteiger partial charge in [0, 0.05) is 18.3 Å². The molecule has 1 aliphatic carbocycles. The minimum Gasteiger partial charge on any atom is -0.364 e. The second kappa shape index (κ2) is 7.92. The zero-order valence-corrected chi connectivity index (χ0v) is 16.4. The minimum absolute atomic E-state index is 0.728. The van der Waals surface area contributed by atoms with Gasteiger partial charge in [-0.15, -0.1) is 5.10 Å². The molecule has 0 aliphatic heterocycles. The lowest BCUT2D eigenvalue weighted by atomic mass is 9.99. The quantitative estimate of drug-likeness (QED) is 0.464. The monoisotopic (exact) mass is 380 g/mol. The number of fused-ring (bicyclic) bond motifs is 1. The molecule has 2 aromatic heterocycles. The highest BCUT2D eigenvalue weighted by Crippen LogP contribution is 2.32. The molecule has 1 aliphatic rings. The number of nitrogens with one attached hydrogen (secondary N) is 1. The third-order valence-electron chi connectivity index (χ3n) is 5.48. The number of hydrogen-bond donors (Lipinski definition) is 1. The zero-order chi connectivity index (χ0) is 19.5. The summed E-state index contributed by atoms with van der Waals surface area (Å²) in [5.41, 5.74) is 5.83. The van der Waals surface area contributed by atoms with Gasteiger partial charge in [-0.3, -0.25) is 0 Å². The van der Waals surface area contributed by atoms with Gasteiger partial charge in [0.25, 0.3) is 0 Å². The maximum atomic E-state index is 4.99. The van der Waals surface area contributed by atoms with Crippen molar-refractivity contribution < 1.29 is 0 Å². The highest BCUT2D eigenvalue weighted by Gasteiger charge is 2.17. The Labute approximate surface area is 170 Å². The lowest BCUT2D eigenvalue weighted by molar-refractivity contribution is 0.731. The summed E-state index contributed by atoms with van der Waals surface area (Å²) in [5, 5.41) is 8.44. The van der Waals surface area contributed by atoms with Crippen LogP contribution in [0.5, 0.6) is 0 Å². The van der Waals surface area contributed by atoms with E-state index in [0.29, 0.717) is 0 Å². The van der Waals surface area contributed by atoms with E-state index in [1.807, 2.05) is 22.8 Å². The molecule has 5 rings (SSSR count). The number of benzene rings is 2. The Morgan fingerprint density at radius 3 is 2.45 bits per heavy atom. The Kier molecular flexibility index (Phi) is 4.83. The number of rotatable bonds is 5. The molecule has 0 unspecified atom stereocenters. The zero-order valence-electron chi connectivity index (χ0n) is 16.4. The van der Waals surface area contributed by atoms with Crippen molar-refractivity contribution in [2.45, 2.75) is 32.2 Å². The van der Waals surface area contributed by atoms with E-state index < -0.39 is 0 Å². The van der Waals surface area contributed by atoms with Crippen molar-refractivity contribution in [1.29, 1.82) is 0 Å². The summed E-state index contributed by atoms with van der Waals surface area (Å²) < 4.78 is 1.98. The van der Waals surface area contributed by atoms with Crippen LogP contribution in [0.3, 0.4) is 0 Å². The molecule has 144 valence electrons. The molecular weight excluding hydrogens is 356 g/mol. The van der Waals surface area contributed by atoms with Crippen LogP contribution in [0.4, 0.5) is 5.82 Å². The van der Waals surface area contributed by atoms with Gasteiger partial charge in [0.2, 0.25) is 0 Å². The second-order valence-electron chi connectivity index (χ2n) is 7.49. The SMILES string of the molecule is C1=C(c2nc(NCc3ccccc3)c3c(-c4ccccc4)ccn3n2)CCCC1. The fraction of sp³-hybridized carbons (Fsp3) is 0.200. The number of anilines is 1. The van der Waals surface area contributed by atoms with Gasteiger partial charge in [-0.25, -0.2) is 9.50 Å². The fourth-order valence-corrected chi connectivity index (χ4v) is 3.96. The van der Waals surface area contributed by atoms with Crippen molar-refractivity contribution in [2.24, 2.45) is 0 Å². The van der Waals surface area contributed by atoms with Crippen molar-refractivity contribution >= 4 is 16.9 Å². The largest absolute Gasteiger partial charge is 0.364 e. The number of aromatic nitrogens is 3. The molecule has 1 N–H and O–H groups in total. The first kappa shape index (κ1) is 17.7. The van der Waals surface area contributed by atoms with E-state index >= 15 is 0 Å². The van der Waals surface area contributed by atoms with E-state index in [-0.39, 0.29) is 0 Å². The van der Waals surface area contributed by atoms with Crippen molar-refractivity contribution in [3.8, 4) is 11.1 Å². The van der Waals surface area contributed by atoms with Crippen molar-refractivity contribution in [3.05, 3.63) is 90.4 Å². The van der Waals surface area contributed by atoms with Gasteiger partial charge in [0.15, 0.2) is 11.6 Å². The Morgan fingerprint density at radius 2 is 1.69 bits per heavy atom. The fourth-order valence-electron chi connectivity index (χ4n) is 3.96. The normalized spacial score (nSPS) is 14.0. The summed E-state index contributed by atoms with van der Waals surface area (Å²) >= 11 is 0. The van der Waals surface area contributed by atoms with Crippen molar-refractivity contribution in [3.63, 3.8) is 0 Å². The lowest BCUT2D eigenvalue weighted by Gasteiger charge is -2.15. The first-order valence-corrected chi connectivity index (χ1v) is 10.3. The predicted molar refractivity (Wildman–Crippen MR) is 119 cm³/mol. The molecule has 2 aromatic carbocycles. The predicted octanol–water partition coefficient (Wildman–Crippen LogP) is 5.97. The maximum absolute atomic E-state index is 4.99. The molecule has 0 saturated carbocycles. The lowest BCUT2D eigenvalue weighted by Crippen LogP contribution is -2.09. The molecule has 4 aromatic rings. The molecule has 29 heavy (non-hydrogen) atoms. The summed E-state index contributed by atoms with van der Waals surface area (Å²) in [5.74, 6) is 1.72. The van der Waals surface area contributed by atoms with Gasteiger partial charge in [-0.2, -0.15) is 0 Å². The molecule has 0 fully saturated rings. The molecule has 0 bridgehead atoms. The molecule has 0 saturated heterocycles. The highest BCUT2D eigenvalue weighted by molar-refractivity contribution is 5.89.